The monoisotopic (exact) mass is 326 g/mol. The molecule has 1 aliphatic rings. The highest BCUT2D eigenvalue weighted by Gasteiger charge is 2.40. The maximum atomic E-state index is 14.1. The van der Waals surface area contributed by atoms with E-state index in [0.717, 1.165) is 18.8 Å². The number of hydrogen-bond acceptors (Lipinski definition) is 0. The lowest BCUT2D eigenvalue weighted by molar-refractivity contribution is -0.0807. The normalized spacial score (nSPS) is 23.7. The Morgan fingerprint density at radius 1 is 1.00 bits per heavy atom. The van der Waals surface area contributed by atoms with E-state index < -0.39 is 18.5 Å². The van der Waals surface area contributed by atoms with Gasteiger partial charge in [-0.1, -0.05) is 57.4 Å². The third-order valence-electron chi connectivity index (χ3n) is 5.20. The van der Waals surface area contributed by atoms with Crippen molar-refractivity contribution in [1.29, 1.82) is 0 Å². The summed E-state index contributed by atoms with van der Waals surface area (Å²) in [5.41, 5.74) is 1.28. The van der Waals surface area contributed by atoms with E-state index >= 15 is 0 Å². The second kappa shape index (κ2) is 8.21. The highest BCUT2D eigenvalue weighted by molar-refractivity contribution is 5.28. The van der Waals surface area contributed by atoms with Crippen LogP contribution in [-0.2, 0) is 0 Å². The molecule has 23 heavy (non-hydrogen) atoms. The largest absolute Gasteiger partial charge is 0.282 e. The fourth-order valence-electron chi connectivity index (χ4n) is 3.83. The van der Waals surface area contributed by atoms with Crippen LogP contribution in [0, 0.1) is 5.92 Å². The zero-order chi connectivity index (χ0) is 16.9. The summed E-state index contributed by atoms with van der Waals surface area (Å²) in [6.45, 7) is 3.88. The Labute approximate surface area is 138 Å². The van der Waals surface area contributed by atoms with Gasteiger partial charge in [0.05, 0.1) is 0 Å². The van der Waals surface area contributed by atoms with Gasteiger partial charge in [-0.15, -0.1) is 0 Å². The Kier molecular flexibility index (Phi) is 6.55. The van der Waals surface area contributed by atoms with E-state index in [-0.39, 0.29) is 12.0 Å². The van der Waals surface area contributed by atoms with Gasteiger partial charge in [0.2, 0.25) is 0 Å². The summed E-state index contributed by atoms with van der Waals surface area (Å²) < 4.78 is 41.5. The van der Waals surface area contributed by atoms with Crippen molar-refractivity contribution in [2.45, 2.75) is 83.2 Å². The summed E-state index contributed by atoms with van der Waals surface area (Å²) in [7, 11) is 0. The van der Waals surface area contributed by atoms with Crippen molar-refractivity contribution in [3.05, 3.63) is 35.4 Å². The Hall–Kier alpha value is -0.990. The molecule has 1 fully saturated rings. The lowest BCUT2D eigenvalue weighted by atomic mass is 9.77. The Morgan fingerprint density at radius 3 is 2.13 bits per heavy atom. The van der Waals surface area contributed by atoms with Crippen LogP contribution < -0.4 is 0 Å². The smallest absolute Gasteiger partial charge is 0.236 e. The van der Waals surface area contributed by atoms with E-state index in [9.17, 15) is 13.2 Å². The van der Waals surface area contributed by atoms with Gasteiger partial charge in [-0.2, -0.15) is 0 Å². The molecule has 1 aliphatic carbocycles. The van der Waals surface area contributed by atoms with Gasteiger partial charge in [0.1, 0.15) is 0 Å². The van der Waals surface area contributed by atoms with Gasteiger partial charge in [0.15, 0.2) is 6.17 Å². The summed E-state index contributed by atoms with van der Waals surface area (Å²) in [5, 5.41) is 0. The molecule has 0 nitrogen and oxygen atoms in total. The van der Waals surface area contributed by atoms with E-state index in [1.807, 2.05) is 12.1 Å². The molecule has 0 amide bonds. The predicted octanol–water partition coefficient (Wildman–Crippen LogP) is 7.21. The van der Waals surface area contributed by atoms with Crippen molar-refractivity contribution >= 4 is 0 Å². The highest BCUT2D eigenvalue weighted by Crippen LogP contribution is 2.40. The lowest BCUT2D eigenvalue weighted by Gasteiger charge is -2.29. The molecule has 0 radical (unpaired) electrons. The average Bonchev–Trinajstić information content (AvgIpc) is 2.55. The summed E-state index contributed by atoms with van der Waals surface area (Å²) in [6.07, 6.45) is 5.06. The predicted molar refractivity (Wildman–Crippen MR) is 89.8 cm³/mol. The first-order valence-electron chi connectivity index (χ1n) is 9.09. The molecule has 0 heterocycles. The van der Waals surface area contributed by atoms with Crippen LogP contribution in [0.4, 0.5) is 13.2 Å². The molecule has 0 bridgehead atoms. The molecule has 130 valence electrons. The molecule has 0 aliphatic heterocycles. The second-order valence-electron chi connectivity index (χ2n) is 7.05. The molecule has 1 aromatic carbocycles. The van der Waals surface area contributed by atoms with Crippen LogP contribution in [-0.4, -0.2) is 5.92 Å². The first-order valence-corrected chi connectivity index (χ1v) is 9.09. The van der Waals surface area contributed by atoms with Gasteiger partial charge in [-0.05, 0) is 48.6 Å². The Bertz CT molecular complexity index is 458. The van der Waals surface area contributed by atoms with E-state index in [2.05, 4.69) is 6.92 Å². The van der Waals surface area contributed by atoms with Crippen molar-refractivity contribution in [1.82, 2.24) is 0 Å². The van der Waals surface area contributed by atoms with Crippen LogP contribution >= 0.6 is 0 Å². The summed E-state index contributed by atoms with van der Waals surface area (Å²) in [5.74, 6) is -1.92. The first-order chi connectivity index (χ1) is 11.0. The average molecular weight is 326 g/mol. The number of benzene rings is 1. The molecular weight excluding hydrogens is 297 g/mol. The molecular formula is C20H29F3. The van der Waals surface area contributed by atoms with Gasteiger partial charge in [0, 0.05) is 6.42 Å². The summed E-state index contributed by atoms with van der Waals surface area (Å²) >= 11 is 0. The molecule has 1 atom stereocenters. The molecule has 1 aromatic rings. The summed E-state index contributed by atoms with van der Waals surface area (Å²) in [4.78, 5) is 0. The van der Waals surface area contributed by atoms with Crippen molar-refractivity contribution in [2.75, 3.05) is 0 Å². The molecule has 1 saturated carbocycles. The SMILES string of the molecule is CCCC(F)(F)C(F)c1ccc([C@H]2CC[C@H](CCC)CC2)cc1. The number of alkyl halides is 3. The van der Waals surface area contributed by atoms with Crippen molar-refractivity contribution in [3.8, 4) is 0 Å². The molecule has 3 heteroatoms. The van der Waals surface area contributed by atoms with Gasteiger partial charge < -0.3 is 0 Å². The molecule has 1 unspecified atom stereocenters. The maximum absolute atomic E-state index is 14.1. The minimum absolute atomic E-state index is 0.104. The molecule has 0 spiro atoms. The van der Waals surface area contributed by atoms with Gasteiger partial charge >= 0.3 is 0 Å². The van der Waals surface area contributed by atoms with Crippen LogP contribution in [0.5, 0.6) is 0 Å². The molecule has 0 saturated heterocycles. The third-order valence-corrected chi connectivity index (χ3v) is 5.20. The van der Waals surface area contributed by atoms with E-state index in [1.165, 1.54) is 31.2 Å². The van der Waals surface area contributed by atoms with Crippen LogP contribution in [0.25, 0.3) is 0 Å². The van der Waals surface area contributed by atoms with Gasteiger partial charge in [-0.3, -0.25) is 0 Å². The molecule has 2 rings (SSSR count). The third kappa shape index (κ3) is 4.74. The Morgan fingerprint density at radius 2 is 1.61 bits per heavy atom. The maximum Gasteiger partial charge on any atom is 0.282 e. The lowest BCUT2D eigenvalue weighted by Crippen LogP contribution is -2.23. The quantitative estimate of drug-likeness (QED) is 0.496. The van der Waals surface area contributed by atoms with E-state index in [0.29, 0.717) is 5.92 Å². The highest BCUT2D eigenvalue weighted by atomic mass is 19.3. The topological polar surface area (TPSA) is 0 Å². The zero-order valence-corrected chi connectivity index (χ0v) is 14.3. The Balaban J connectivity index is 1.97. The van der Waals surface area contributed by atoms with Crippen LogP contribution in [0.3, 0.4) is 0 Å². The number of rotatable bonds is 7. The molecule has 0 aromatic heterocycles. The van der Waals surface area contributed by atoms with Crippen LogP contribution in [0.2, 0.25) is 0 Å². The minimum atomic E-state index is -3.27. The van der Waals surface area contributed by atoms with Crippen molar-refractivity contribution in [2.24, 2.45) is 5.92 Å². The minimum Gasteiger partial charge on any atom is -0.236 e. The van der Waals surface area contributed by atoms with Crippen molar-refractivity contribution in [3.63, 3.8) is 0 Å². The first kappa shape index (κ1) is 18.4. The van der Waals surface area contributed by atoms with Crippen LogP contribution in [0.1, 0.15) is 88.4 Å². The second-order valence-corrected chi connectivity index (χ2v) is 7.05. The zero-order valence-electron chi connectivity index (χ0n) is 14.3. The van der Waals surface area contributed by atoms with E-state index in [4.69, 9.17) is 0 Å². The fourth-order valence-corrected chi connectivity index (χ4v) is 3.83. The fraction of sp³-hybridized carbons (Fsp3) is 0.700. The standard InChI is InChI=1S/C20H29F3/c1-3-5-15-6-8-16(9-7-15)17-10-12-18(13-11-17)19(21)20(22,23)14-4-2/h10-13,15-16,19H,3-9,14H2,1-2H3/t15-,16-,19?. The van der Waals surface area contributed by atoms with E-state index in [1.54, 1.807) is 19.1 Å². The molecule has 0 N–H and O–H groups in total. The van der Waals surface area contributed by atoms with Crippen LogP contribution in [0.15, 0.2) is 24.3 Å². The van der Waals surface area contributed by atoms with Gasteiger partial charge in [-0.25, -0.2) is 13.2 Å². The summed E-state index contributed by atoms with van der Waals surface area (Å²) in [6, 6.07) is 6.83. The van der Waals surface area contributed by atoms with Gasteiger partial charge in [0.25, 0.3) is 5.92 Å². The number of halogens is 3. The number of hydrogen-bond donors (Lipinski definition) is 0. The van der Waals surface area contributed by atoms with Crippen molar-refractivity contribution < 1.29 is 13.2 Å².